The van der Waals surface area contributed by atoms with Crippen molar-refractivity contribution in [3.63, 3.8) is 0 Å². The number of nitrogens with zero attached hydrogens (tertiary/aromatic N) is 4. The van der Waals surface area contributed by atoms with E-state index in [0.717, 1.165) is 18.4 Å². The lowest BCUT2D eigenvalue weighted by Gasteiger charge is -2.23. The number of unbranched alkanes of at least 4 members (excludes halogenated alkanes) is 1. The molecule has 33 heavy (non-hydrogen) atoms. The summed E-state index contributed by atoms with van der Waals surface area (Å²) in [7, 11) is 0. The third-order valence-electron chi connectivity index (χ3n) is 4.66. The Balaban J connectivity index is 2.17. The van der Waals surface area contributed by atoms with Crippen LogP contribution >= 0.6 is 0 Å². The maximum Gasteiger partial charge on any atom is 0.353 e. The number of carbonyl (C=O) groups excluding carboxylic acids is 1. The van der Waals surface area contributed by atoms with E-state index in [1.165, 1.54) is 4.90 Å². The number of nitrogens with two attached hydrogens (primary N) is 1. The van der Waals surface area contributed by atoms with E-state index in [2.05, 4.69) is 15.3 Å². The molecule has 3 N–H and O–H groups in total. The van der Waals surface area contributed by atoms with Crippen molar-refractivity contribution < 1.29 is 19.2 Å². The van der Waals surface area contributed by atoms with Gasteiger partial charge < -0.3 is 25.4 Å². The average molecular weight is 461 g/mol. The zero-order valence-corrected chi connectivity index (χ0v) is 19.2. The molecule has 1 aromatic heterocycles. The number of anilines is 2. The molecule has 0 atom stereocenters. The number of rotatable bonds is 15. The number of benzene rings is 1. The summed E-state index contributed by atoms with van der Waals surface area (Å²) in [6, 6.07) is 9.88. The molecule has 2 aromatic rings. The predicted octanol–water partition coefficient (Wildman–Crippen LogP) is 2.70. The molecule has 1 heterocycles. The Kier molecular flexibility index (Phi) is 10.8. The zero-order valence-electron chi connectivity index (χ0n) is 19.2. The number of nitro groups is 1. The second-order valence-electron chi connectivity index (χ2n) is 7.27. The molecule has 0 fully saturated rings. The van der Waals surface area contributed by atoms with Crippen LogP contribution in [0.1, 0.15) is 38.7 Å². The summed E-state index contributed by atoms with van der Waals surface area (Å²) in [5, 5.41) is 15.0. The van der Waals surface area contributed by atoms with Crippen LogP contribution in [0, 0.1) is 10.1 Å². The van der Waals surface area contributed by atoms with Gasteiger partial charge >= 0.3 is 17.7 Å². The first-order chi connectivity index (χ1) is 16.0. The van der Waals surface area contributed by atoms with Crippen molar-refractivity contribution in [2.45, 2.75) is 39.7 Å². The lowest BCUT2D eigenvalue weighted by Crippen LogP contribution is -2.35. The zero-order chi connectivity index (χ0) is 24.1. The van der Waals surface area contributed by atoms with Crippen LogP contribution in [-0.4, -0.2) is 53.7 Å². The number of carbonyl (C=O) groups is 1. The molecule has 0 unspecified atom stereocenters. The van der Waals surface area contributed by atoms with Crippen molar-refractivity contribution >= 4 is 23.3 Å². The van der Waals surface area contributed by atoms with Gasteiger partial charge in [-0.3, -0.25) is 14.9 Å². The molecule has 2 rings (SSSR count). The summed E-state index contributed by atoms with van der Waals surface area (Å²) in [6.07, 6.45) is 2.27. The number of hydrogen-bond donors (Lipinski definition) is 2. The average Bonchev–Trinajstić information content (AvgIpc) is 2.78. The van der Waals surface area contributed by atoms with Gasteiger partial charge in [-0.05, 0) is 31.9 Å². The van der Waals surface area contributed by atoms with Gasteiger partial charge in [-0.1, -0.05) is 43.7 Å². The first-order valence-corrected chi connectivity index (χ1v) is 11.1. The lowest BCUT2D eigenvalue weighted by atomic mass is 10.2. The van der Waals surface area contributed by atoms with Gasteiger partial charge in [0.15, 0.2) is 0 Å². The second kappa shape index (κ2) is 13.8. The molecule has 0 spiro atoms. The molecular formula is C22H32N6O5. The molecule has 0 saturated carbocycles. The first kappa shape index (κ1) is 25.8. The highest BCUT2D eigenvalue weighted by Crippen LogP contribution is 2.32. The van der Waals surface area contributed by atoms with Crippen LogP contribution in [-0.2, 0) is 16.1 Å². The van der Waals surface area contributed by atoms with E-state index >= 15 is 0 Å². The molecule has 180 valence electrons. The lowest BCUT2D eigenvalue weighted by molar-refractivity contribution is -0.383. The number of nitrogens with one attached hydrogen (secondary N) is 1. The summed E-state index contributed by atoms with van der Waals surface area (Å²) >= 11 is 0. The highest BCUT2D eigenvalue weighted by Gasteiger charge is 2.29. The van der Waals surface area contributed by atoms with Gasteiger partial charge in [-0.2, -0.15) is 9.97 Å². The molecule has 0 amide bonds. The molecule has 0 aliphatic heterocycles. The van der Waals surface area contributed by atoms with Crippen LogP contribution in [0.15, 0.2) is 30.3 Å². The van der Waals surface area contributed by atoms with E-state index in [-0.39, 0.29) is 30.8 Å². The maximum absolute atomic E-state index is 12.2. The molecule has 1 aromatic carbocycles. The highest BCUT2D eigenvalue weighted by molar-refractivity contribution is 5.78. The van der Waals surface area contributed by atoms with Gasteiger partial charge in [0, 0.05) is 13.1 Å². The van der Waals surface area contributed by atoms with Crippen LogP contribution in [0.3, 0.4) is 0 Å². The van der Waals surface area contributed by atoms with Gasteiger partial charge in [-0.15, -0.1) is 0 Å². The Bertz CT molecular complexity index is 896. The van der Waals surface area contributed by atoms with E-state index in [1.54, 1.807) is 6.92 Å². The summed E-state index contributed by atoms with van der Waals surface area (Å²) in [5.74, 6) is -0.891. The normalized spacial score (nSPS) is 10.6. The second-order valence-corrected chi connectivity index (χ2v) is 7.27. The highest BCUT2D eigenvalue weighted by atomic mass is 16.6. The van der Waals surface area contributed by atoms with Gasteiger partial charge in [0.05, 0.1) is 18.1 Å². The van der Waals surface area contributed by atoms with Crippen LogP contribution in [0.25, 0.3) is 0 Å². The Morgan fingerprint density at radius 2 is 1.97 bits per heavy atom. The van der Waals surface area contributed by atoms with Crippen molar-refractivity contribution in [2.75, 3.05) is 43.5 Å². The Morgan fingerprint density at radius 3 is 2.64 bits per heavy atom. The van der Waals surface area contributed by atoms with E-state index in [4.69, 9.17) is 15.2 Å². The number of nitrogen functional groups attached to an aromatic ring is 1. The Hall–Kier alpha value is -3.47. The summed E-state index contributed by atoms with van der Waals surface area (Å²) in [6.45, 7) is 5.67. The van der Waals surface area contributed by atoms with Crippen molar-refractivity contribution in [3.8, 4) is 6.01 Å². The smallest absolute Gasteiger partial charge is 0.353 e. The van der Waals surface area contributed by atoms with Gasteiger partial charge in [0.2, 0.25) is 11.6 Å². The number of aromatic nitrogens is 2. The molecular weight excluding hydrogens is 428 g/mol. The standard InChI is InChI=1S/C22H32N6O5/c1-3-5-14-33-22-25-20(23)19(28(30)31)21(26-22)27(16-18(29)32-4-2)13-9-12-24-15-17-10-7-6-8-11-17/h6-8,10-11,24H,3-5,9,12-16H2,1-2H3,(H2,23,25,26). The fraction of sp³-hybridized carbons (Fsp3) is 0.500. The van der Waals surface area contributed by atoms with Crippen LogP contribution in [0.2, 0.25) is 0 Å². The number of ether oxygens (including phenoxy) is 2. The minimum absolute atomic E-state index is 0.0578. The summed E-state index contributed by atoms with van der Waals surface area (Å²) in [5.41, 5.74) is 6.56. The van der Waals surface area contributed by atoms with Crippen molar-refractivity contribution in [2.24, 2.45) is 0 Å². The van der Waals surface area contributed by atoms with Gasteiger partial charge in [0.25, 0.3) is 0 Å². The molecule has 0 aliphatic carbocycles. The SMILES string of the molecule is CCCCOc1nc(N)c([N+](=O)[O-])c(N(CCCNCc2ccccc2)CC(=O)OCC)n1. The van der Waals surface area contributed by atoms with E-state index in [1.807, 2.05) is 37.3 Å². The monoisotopic (exact) mass is 460 g/mol. The van der Waals surface area contributed by atoms with Crippen molar-refractivity contribution in [3.05, 3.63) is 46.0 Å². The molecule has 11 heteroatoms. The Morgan fingerprint density at radius 1 is 1.21 bits per heavy atom. The largest absolute Gasteiger partial charge is 0.465 e. The van der Waals surface area contributed by atoms with E-state index in [0.29, 0.717) is 32.7 Å². The molecule has 0 saturated heterocycles. The van der Waals surface area contributed by atoms with Crippen LogP contribution < -0.4 is 20.7 Å². The minimum atomic E-state index is -0.647. The molecule has 0 aliphatic rings. The number of esters is 1. The van der Waals surface area contributed by atoms with Crippen molar-refractivity contribution in [1.82, 2.24) is 15.3 Å². The fourth-order valence-corrected chi connectivity index (χ4v) is 3.05. The summed E-state index contributed by atoms with van der Waals surface area (Å²) < 4.78 is 10.6. The van der Waals surface area contributed by atoms with Gasteiger partial charge in [-0.25, -0.2) is 0 Å². The van der Waals surface area contributed by atoms with Crippen LogP contribution in [0.5, 0.6) is 6.01 Å². The van der Waals surface area contributed by atoms with Crippen molar-refractivity contribution in [1.29, 1.82) is 0 Å². The quantitative estimate of drug-likeness (QED) is 0.176. The van der Waals surface area contributed by atoms with Gasteiger partial charge in [0.1, 0.15) is 6.54 Å². The van der Waals surface area contributed by atoms with E-state index < -0.39 is 16.6 Å². The first-order valence-electron chi connectivity index (χ1n) is 11.1. The predicted molar refractivity (Wildman–Crippen MR) is 125 cm³/mol. The number of hydrogen-bond acceptors (Lipinski definition) is 10. The third-order valence-corrected chi connectivity index (χ3v) is 4.66. The third kappa shape index (κ3) is 8.53. The fourth-order valence-electron chi connectivity index (χ4n) is 3.05. The molecule has 0 bridgehead atoms. The van der Waals surface area contributed by atoms with E-state index in [9.17, 15) is 14.9 Å². The minimum Gasteiger partial charge on any atom is -0.465 e. The van der Waals surface area contributed by atoms with Crippen LogP contribution in [0.4, 0.5) is 17.3 Å². The topological polar surface area (TPSA) is 146 Å². The maximum atomic E-state index is 12.2. The summed E-state index contributed by atoms with van der Waals surface area (Å²) in [4.78, 5) is 32.9. The molecule has 11 nitrogen and oxygen atoms in total. The Labute approximate surface area is 193 Å². The molecule has 0 radical (unpaired) electrons.